The molecule has 3 nitrogen and oxygen atoms in total. The van der Waals surface area contributed by atoms with Gasteiger partial charge in [0, 0.05) is 23.1 Å². The van der Waals surface area contributed by atoms with E-state index in [-0.39, 0.29) is 12.5 Å². The maximum Gasteiger partial charge on any atom is 0.260 e. The van der Waals surface area contributed by atoms with E-state index < -0.39 is 0 Å². The first kappa shape index (κ1) is 13.4. The van der Waals surface area contributed by atoms with Crippen molar-refractivity contribution in [1.82, 2.24) is 4.90 Å². The molecular formula is C14H18BrNO2. The fourth-order valence-electron chi connectivity index (χ4n) is 2.09. The lowest BCUT2D eigenvalue weighted by Gasteiger charge is -2.19. The normalized spacial score (nSPS) is 15.0. The van der Waals surface area contributed by atoms with Crippen molar-refractivity contribution in [2.24, 2.45) is 0 Å². The quantitative estimate of drug-likeness (QED) is 0.798. The molecule has 0 N–H and O–H groups in total. The number of nitrogens with zero attached hydrogens (tertiary/aromatic N) is 1. The number of ether oxygens (including phenoxy) is 1. The molecule has 0 bridgehead atoms. The summed E-state index contributed by atoms with van der Waals surface area (Å²) in [7, 11) is 0. The highest BCUT2D eigenvalue weighted by atomic mass is 79.9. The predicted octanol–water partition coefficient (Wildman–Crippen LogP) is 3.36. The molecule has 0 saturated carbocycles. The summed E-state index contributed by atoms with van der Waals surface area (Å²) in [6, 6.07) is 5.89. The van der Waals surface area contributed by atoms with E-state index in [4.69, 9.17) is 4.74 Å². The van der Waals surface area contributed by atoms with Gasteiger partial charge >= 0.3 is 0 Å². The van der Waals surface area contributed by atoms with E-state index in [0.29, 0.717) is 6.54 Å². The SMILES string of the molecule is CCCCCN1Cc2cc(Br)ccc2OCC1=O. The average molecular weight is 312 g/mol. The number of hydrogen-bond donors (Lipinski definition) is 0. The second-order valence-corrected chi connectivity index (χ2v) is 5.48. The van der Waals surface area contributed by atoms with Crippen LogP contribution in [0.5, 0.6) is 5.75 Å². The lowest BCUT2D eigenvalue weighted by molar-refractivity contribution is -0.133. The summed E-state index contributed by atoms with van der Waals surface area (Å²) in [5.41, 5.74) is 1.08. The Morgan fingerprint density at radius 1 is 1.39 bits per heavy atom. The lowest BCUT2D eigenvalue weighted by Crippen LogP contribution is -2.33. The molecule has 0 aliphatic carbocycles. The van der Waals surface area contributed by atoms with Crippen molar-refractivity contribution in [3.8, 4) is 5.75 Å². The van der Waals surface area contributed by atoms with Crippen LogP contribution in [0.25, 0.3) is 0 Å². The minimum Gasteiger partial charge on any atom is -0.483 e. The van der Waals surface area contributed by atoms with Gasteiger partial charge in [0.15, 0.2) is 6.61 Å². The van der Waals surface area contributed by atoms with Gasteiger partial charge < -0.3 is 9.64 Å². The molecule has 0 radical (unpaired) electrons. The number of rotatable bonds is 4. The number of hydrogen-bond acceptors (Lipinski definition) is 2. The first-order chi connectivity index (χ1) is 8.70. The number of amides is 1. The van der Waals surface area contributed by atoms with Crippen LogP contribution in [0.3, 0.4) is 0 Å². The highest BCUT2D eigenvalue weighted by Crippen LogP contribution is 2.26. The zero-order valence-corrected chi connectivity index (χ0v) is 12.2. The Morgan fingerprint density at radius 3 is 3.00 bits per heavy atom. The van der Waals surface area contributed by atoms with E-state index in [0.717, 1.165) is 35.2 Å². The fraction of sp³-hybridized carbons (Fsp3) is 0.500. The summed E-state index contributed by atoms with van der Waals surface area (Å²) >= 11 is 3.46. The summed E-state index contributed by atoms with van der Waals surface area (Å²) in [4.78, 5) is 13.8. The fourth-order valence-corrected chi connectivity index (χ4v) is 2.50. The third-order valence-corrected chi connectivity index (χ3v) is 3.61. The van der Waals surface area contributed by atoms with Gasteiger partial charge in [-0.15, -0.1) is 0 Å². The van der Waals surface area contributed by atoms with E-state index >= 15 is 0 Å². The first-order valence-corrected chi connectivity index (χ1v) is 7.19. The zero-order valence-electron chi connectivity index (χ0n) is 10.6. The molecule has 98 valence electrons. The third kappa shape index (κ3) is 3.25. The van der Waals surface area contributed by atoms with Crippen LogP contribution in [0.2, 0.25) is 0 Å². The maximum atomic E-state index is 12.0. The van der Waals surface area contributed by atoms with Crippen LogP contribution in [0.15, 0.2) is 22.7 Å². The summed E-state index contributed by atoms with van der Waals surface area (Å²) in [6.07, 6.45) is 3.39. The van der Waals surface area contributed by atoms with Gasteiger partial charge in [-0.2, -0.15) is 0 Å². The van der Waals surface area contributed by atoms with Crippen molar-refractivity contribution in [1.29, 1.82) is 0 Å². The first-order valence-electron chi connectivity index (χ1n) is 6.39. The predicted molar refractivity (Wildman–Crippen MR) is 74.6 cm³/mol. The van der Waals surface area contributed by atoms with Crippen LogP contribution < -0.4 is 4.74 Å². The van der Waals surface area contributed by atoms with Crippen LogP contribution in [0.4, 0.5) is 0 Å². The van der Waals surface area contributed by atoms with Crippen molar-refractivity contribution in [2.75, 3.05) is 13.2 Å². The maximum absolute atomic E-state index is 12.0. The molecule has 18 heavy (non-hydrogen) atoms. The summed E-state index contributed by atoms with van der Waals surface area (Å²) in [5.74, 6) is 0.906. The molecule has 1 heterocycles. The second-order valence-electron chi connectivity index (χ2n) is 4.56. The van der Waals surface area contributed by atoms with Gasteiger partial charge in [0.25, 0.3) is 5.91 Å². The molecule has 0 atom stereocenters. The van der Waals surface area contributed by atoms with Crippen LogP contribution in [-0.4, -0.2) is 24.0 Å². The molecule has 1 aromatic carbocycles. The van der Waals surface area contributed by atoms with Crippen molar-refractivity contribution in [2.45, 2.75) is 32.7 Å². The minimum atomic E-state index is 0.0819. The molecular weight excluding hydrogens is 294 g/mol. The smallest absolute Gasteiger partial charge is 0.260 e. The van der Waals surface area contributed by atoms with Gasteiger partial charge in [-0.3, -0.25) is 4.79 Å². The highest BCUT2D eigenvalue weighted by Gasteiger charge is 2.20. The molecule has 0 unspecified atom stereocenters. The van der Waals surface area contributed by atoms with E-state index in [9.17, 15) is 4.79 Å². The van der Waals surface area contributed by atoms with Crippen LogP contribution >= 0.6 is 15.9 Å². The Labute approximate surface area is 116 Å². The van der Waals surface area contributed by atoms with Crippen molar-refractivity contribution < 1.29 is 9.53 Å². The lowest BCUT2D eigenvalue weighted by atomic mass is 10.2. The van der Waals surface area contributed by atoms with Gasteiger partial charge in [0.2, 0.25) is 0 Å². The van der Waals surface area contributed by atoms with Crippen LogP contribution in [0, 0.1) is 0 Å². The molecule has 1 aliphatic rings. The highest BCUT2D eigenvalue weighted by molar-refractivity contribution is 9.10. The molecule has 1 amide bonds. The van der Waals surface area contributed by atoms with Crippen molar-refractivity contribution in [3.05, 3.63) is 28.2 Å². The van der Waals surface area contributed by atoms with Gasteiger partial charge in [0.1, 0.15) is 5.75 Å². The summed E-state index contributed by atoms with van der Waals surface area (Å²) < 4.78 is 6.56. The minimum absolute atomic E-state index is 0.0819. The zero-order chi connectivity index (χ0) is 13.0. The Bertz CT molecular complexity index is 434. The number of carbonyl (C=O) groups is 1. The number of fused-ring (bicyclic) bond motifs is 1. The summed E-state index contributed by atoms with van der Waals surface area (Å²) in [6.45, 7) is 3.79. The standard InChI is InChI=1S/C14H18BrNO2/c1-2-3-4-7-16-9-11-8-12(15)5-6-13(11)18-10-14(16)17/h5-6,8H,2-4,7,9-10H2,1H3. The Hall–Kier alpha value is -1.03. The van der Waals surface area contributed by atoms with Crippen LogP contribution in [-0.2, 0) is 11.3 Å². The molecule has 0 saturated heterocycles. The Kier molecular flexibility index (Phi) is 4.64. The number of unbranched alkanes of at least 4 members (excludes halogenated alkanes) is 2. The van der Waals surface area contributed by atoms with E-state index in [1.807, 2.05) is 23.1 Å². The average Bonchev–Trinajstić information content (AvgIpc) is 2.50. The van der Waals surface area contributed by atoms with Crippen molar-refractivity contribution in [3.63, 3.8) is 0 Å². The van der Waals surface area contributed by atoms with Gasteiger partial charge in [-0.25, -0.2) is 0 Å². The second kappa shape index (κ2) is 6.23. The number of halogens is 1. The monoisotopic (exact) mass is 311 g/mol. The molecule has 1 aliphatic heterocycles. The van der Waals surface area contributed by atoms with Gasteiger partial charge in [0.05, 0.1) is 0 Å². The molecule has 1 aromatic rings. The number of carbonyl (C=O) groups excluding carboxylic acids is 1. The third-order valence-electron chi connectivity index (χ3n) is 3.12. The molecule has 0 aromatic heterocycles. The van der Waals surface area contributed by atoms with Gasteiger partial charge in [-0.1, -0.05) is 35.7 Å². The Balaban J connectivity index is 2.10. The topological polar surface area (TPSA) is 29.5 Å². The summed E-state index contributed by atoms with van der Waals surface area (Å²) in [5, 5.41) is 0. The largest absolute Gasteiger partial charge is 0.483 e. The molecule has 0 spiro atoms. The van der Waals surface area contributed by atoms with E-state index in [1.165, 1.54) is 6.42 Å². The molecule has 2 rings (SSSR count). The Morgan fingerprint density at radius 2 is 2.22 bits per heavy atom. The molecule has 4 heteroatoms. The van der Waals surface area contributed by atoms with E-state index in [1.54, 1.807) is 0 Å². The van der Waals surface area contributed by atoms with Crippen LogP contribution in [0.1, 0.15) is 31.7 Å². The molecule has 0 fully saturated rings. The van der Waals surface area contributed by atoms with E-state index in [2.05, 4.69) is 22.9 Å². The van der Waals surface area contributed by atoms with Crippen molar-refractivity contribution >= 4 is 21.8 Å². The number of benzene rings is 1. The van der Waals surface area contributed by atoms with Gasteiger partial charge in [-0.05, 0) is 24.6 Å².